The first kappa shape index (κ1) is 15.6. The van der Waals surface area contributed by atoms with E-state index >= 15 is 0 Å². The Bertz CT molecular complexity index is 940. The average molecular weight is 337 g/mol. The number of hydrogen-bond donors (Lipinski definition) is 1. The van der Waals surface area contributed by atoms with E-state index in [2.05, 4.69) is 17.1 Å². The predicted molar refractivity (Wildman–Crippen MR) is 86.0 cm³/mol. The number of amidine groups is 1. The monoisotopic (exact) mass is 337 g/mol. The van der Waals surface area contributed by atoms with E-state index < -0.39 is 28.1 Å². The minimum absolute atomic E-state index is 0.126. The number of nitrogens with two attached hydrogens (primary N) is 1. The van der Waals surface area contributed by atoms with Crippen LogP contribution in [0.2, 0.25) is 0 Å². The van der Waals surface area contributed by atoms with Crippen LogP contribution >= 0.6 is 0 Å². The fourth-order valence-electron chi connectivity index (χ4n) is 4.98. The lowest BCUT2D eigenvalue weighted by Gasteiger charge is -2.31. The zero-order valence-corrected chi connectivity index (χ0v) is 13.9. The van der Waals surface area contributed by atoms with Crippen LogP contribution in [-0.4, -0.2) is 38.9 Å². The smallest absolute Gasteiger partial charge is 0.293 e. The first-order valence-electron chi connectivity index (χ1n) is 7.58. The van der Waals surface area contributed by atoms with E-state index in [4.69, 9.17) is 15.2 Å². The van der Waals surface area contributed by atoms with Gasteiger partial charge < -0.3 is 20.1 Å². The van der Waals surface area contributed by atoms with Crippen LogP contribution in [0.25, 0.3) is 0 Å². The summed E-state index contributed by atoms with van der Waals surface area (Å²) in [5.74, 6) is -2.36. The van der Waals surface area contributed by atoms with Gasteiger partial charge in [0.05, 0.1) is 12.1 Å². The maximum atomic E-state index is 13.4. The molecule has 1 aromatic carbocycles. The van der Waals surface area contributed by atoms with Crippen LogP contribution in [-0.2, 0) is 19.7 Å². The van der Waals surface area contributed by atoms with Crippen molar-refractivity contribution < 1.29 is 14.3 Å². The lowest BCUT2D eigenvalue weighted by molar-refractivity contribution is -0.233. The topological polar surface area (TPSA) is 125 Å². The van der Waals surface area contributed by atoms with Crippen molar-refractivity contribution in [1.29, 1.82) is 10.5 Å². The van der Waals surface area contributed by atoms with E-state index in [0.29, 0.717) is 11.3 Å². The molecule has 1 spiro atoms. The largest absolute Gasteiger partial charge is 0.386 e. The molecule has 1 aromatic rings. The minimum Gasteiger partial charge on any atom is -0.386 e. The molecule has 3 aliphatic rings. The number of anilines is 1. The number of ether oxygens (including phenoxy) is 2. The molecule has 1 saturated carbocycles. The number of nitriles is 2. The molecule has 126 valence electrons. The molecule has 2 heterocycles. The minimum atomic E-state index is -1.84. The third-order valence-electron chi connectivity index (χ3n) is 5.93. The Hall–Kier alpha value is -2.94. The highest BCUT2D eigenvalue weighted by molar-refractivity contribution is 6.21. The Labute approximate surface area is 144 Å². The highest BCUT2D eigenvalue weighted by atomic mass is 16.7. The highest BCUT2D eigenvalue weighted by Crippen LogP contribution is 2.87. The molecule has 8 heteroatoms. The van der Waals surface area contributed by atoms with Gasteiger partial charge in [-0.3, -0.25) is 4.79 Å². The fraction of sp³-hybridized carbons (Fsp3) is 0.412. The van der Waals surface area contributed by atoms with Gasteiger partial charge in [-0.15, -0.1) is 0 Å². The SMILES string of the molecule is COC1(OC)N=C(N)[C@]2(C#N)[C@]3(C(=O)N(C)c4ccccc43)[C@@]12C#N. The second-order valence-electron chi connectivity index (χ2n) is 6.34. The zero-order chi connectivity index (χ0) is 18.3. The molecule has 0 bridgehead atoms. The number of carbonyl (C=O) groups is 1. The number of benzene rings is 1. The summed E-state index contributed by atoms with van der Waals surface area (Å²) in [6.07, 6.45) is 0. The van der Waals surface area contributed by atoms with E-state index in [9.17, 15) is 15.3 Å². The van der Waals surface area contributed by atoms with Gasteiger partial charge in [-0.25, -0.2) is 4.99 Å². The molecule has 1 fully saturated rings. The standard InChI is InChI=1S/C17H15N5O3/c1-22-11-7-5-4-6-10(11)16(13(22)23)14(8-18)12(20)21-17(24-2,25-3)15(14,16)9-19/h4-7H,1-3H3,(H2,20,21)/t14-,15-,16-/m0/s1. The highest BCUT2D eigenvalue weighted by Gasteiger charge is 3.05. The van der Waals surface area contributed by atoms with Gasteiger partial charge in [-0.2, -0.15) is 10.5 Å². The number of carbonyl (C=O) groups excluding carboxylic acids is 1. The maximum absolute atomic E-state index is 13.4. The predicted octanol–water partition coefficient (Wildman–Crippen LogP) is 0.252. The average Bonchev–Trinajstić information content (AvgIpc) is 3.05. The van der Waals surface area contributed by atoms with Crippen molar-refractivity contribution in [3.05, 3.63) is 29.8 Å². The van der Waals surface area contributed by atoms with E-state index in [1.165, 1.54) is 19.1 Å². The van der Waals surface area contributed by atoms with Crippen LogP contribution < -0.4 is 10.6 Å². The molecule has 3 atom stereocenters. The molecule has 8 nitrogen and oxygen atoms in total. The molecule has 0 aromatic heterocycles. The van der Waals surface area contributed by atoms with Gasteiger partial charge in [0.2, 0.25) is 5.91 Å². The number of methoxy groups -OCH3 is 2. The second kappa shape index (κ2) is 4.17. The van der Waals surface area contributed by atoms with Crippen molar-refractivity contribution in [3.8, 4) is 12.1 Å². The number of aliphatic imine (C=N–C) groups is 1. The van der Waals surface area contributed by atoms with Crippen LogP contribution in [0.15, 0.2) is 29.3 Å². The van der Waals surface area contributed by atoms with Crippen molar-refractivity contribution in [2.45, 2.75) is 11.3 Å². The molecule has 0 radical (unpaired) electrons. The molecule has 1 amide bonds. The Morgan fingerprint density at radius 3 is 2.40 bits per heavy atom. The Kier molecular flexibility index (Phi) is 2.60. The molecular weight excluding hydrogens is 322 g/mol. The summed E-state index contributed by atoms with van der Waals surface area (Å²) in [5.41, 5.74) is 2.41. The zero-order valence-electron chi connectivity index (χ0n) is 13.9. The normalized spacial score (nSPS) is 36.4. The molecule has 1 aliphatic carbocycles. The summed E-state index contributed by atoms with van der Waals surface area (Å²) < 4.78 is 10.9. The summed E-state index contributed by atoms with van der Waals surface area (Å²) in [4.78, 5) is 19.0. The van der Waals surface area contributed by atoms with Crippen LogP contribution in [0, 0.1) is 33.5 Å². The Morgan fingerprint density at radius 1 is 1.20 bits per heavy atom. The van der Waals surface area contributed by atoms with E-state index in [-0.39, 0.29) is 5.84 Å². The van der Waals surface area contributed by atoms with Crippen LogP contribution in [0.5, 0.6) is 0 Å². The van der Waals surface area contributed by atoms with Gasteiger partial charge in [0.25, 0.3) is 5.91 Å². The number of amides is 1. The number of nitrogens with zero attached hydrogens (tertiary/aromatic N) is 4. The summed E-state index contributed by atoms with van der Waals surface area (Å²) in [5, 5.41) is 20.2. The Morgan fingerprint density at radius 2 is 1.84 bits per heavy atom. The molecule has 2 N–H and O–H groups in total. The van der Waals surface area contributed by atoms with Crippen molar-refractivity contribution in [1.82, 2.24) is 0 Å². The third-order valence-corrected chi connectivity index (χ3v) is 5.93. The van der Waals surface area contributed by atoms with Crippen molar-refractivity contribution >= 4 is 17.4 Å². The third kappa shape index (κ3) is 1.06. The number of fused-ring (bicyclic) bond motifs is 5. The number of para-hydroxylation sites is 1. The molecular formula is C17H15N5O3. The van der Waals surface area contributed by atoms with Gasteiger partial charge in [0.15, 0.2) is 10.8 Å². The number of rotatable bonds is 2. The van der Waals surface area contributed by atoms with E-state index in [0.717, 1.165) is 0 Å². The molecule has 0 unspecified atom stereocenters. The lowest BCUT2D eigenvalue weighted by atomic mass is 9.84. The summed E-state index contributed by atoms with van der Waals surface area (Å²) in [6, 6.07) is 11.3. The fourth-order valence-corrected chi connectivity index (χ4v) is 4.98. The summed E-state index contributed by atoms with van der Waals surface area (Å²) >= 11 is 0. The summed E-state index contributed by atoms with van der Waals surface area (Å²) in [6.45, 7) is 0. The van der Waals surface area contributed by atoms with Gasteiger partial charge in [0, 0.05) is 27.0 Å². The van der Waals surface area contributed by atoms with Crippen LogP contribution in [0.1, 0.15) is 5.56 Å². The number of likely N-dealkylation sites (N-methyl/N-ethyl adjacent to an activating group) is 1. The quantitative estimate of drug-likeness (QED) is 0.771. The van der Waals surface area contributed by atoms with Gasteiger partial charge in [-0.1, -0.05) is 18.2 Å². The first-order valence-corrected chi connectivity index (χ1v) is 7.58. The van der Waals surface area contributed by atoms with Crippen LogP contribution in [0.4, 0.5) is 5.69 Å². The molecule has 0 saturated heterocycles. The lowest BCUT2D eigenvalue weighted by Crippen LogP contribution is -2.48. The van der Waals surface area contributed by atoms with Crippen molar-refractivity contribution in [3.63, 3.8) is 0 Å². The van der Waals surface area contributed by atoms with E-state index in [1.54, 1.807) is 31.3 Å². The van der Waals surface area contributed by atoms with E-state index in [1.807, 2.05) is 0 Å². The van der Waals surface area contributed by atoms with Crippen molar-refractivity contribution in [2.24, 2.45) is 21.6 Å². The number of hydrogen-bond acceptors (Lipinski definition) is 7. The Balaban J connectivity index is 2.17. The van der Waals surface area contributed by atoms with Gasteiger partial charge >= 0.3 is 0 Å². The van der Waals surface area contributed by atoms with Gasteiger partial charge in [0.1, 0.15) is 11.3 Å². The second-order valence-corrected chi connectivity index (χ2v) is 6.34. The maximum Gasteiger partial charge on any atom is 0.293 e. The van der Waals surface area contributed by atoms with Crippen LogP contribution in [0.3, 0.4) is 0 Å². The van der Waals surface area contributed by atoms with Gasteiger partial charge in [-0.05, 0) is 11.6 Å². The van der Waals surface area contributed by atoms with Crippen molar-refractivity contribution in [2.75, 3.05) is 26.2 Å². The first-order chi connectivity index (χ1) is 11.9. The molecule has 2 aliphatic heterocycles. The molecule has 4 rings (SSSR count). The molecule has 25 heavy (non-hydrogen) atoms. The summed E-state index contributed by atoms with van der Waals surface area (Å²) in [7, 11) is 4.23.